The number of nitrogens with zero attached hydrogens (tertiary/aromatic N) is 2. The number of benzene rings is 2. The number of carbonyl (C=O) groups excluding carboxylic acids is 2. The van der Waals surface area contributed by atoms with E-state index in [0.717, 1.165) is 64.6 Å². The van der Waals surface area contributed by atoms with Gasteiger partial charge in [-0.2, -0.15) is 0 Å². The normalized spacial score (nSPS) is 18.5. The van der Waals surface area contributed by atoms with Gasteiger partial charge < -0.3 is 28.7 Å². The van der Waals surface area contributed by atoms with Crippen LogP contribution < -0.4 is 28.7 Å². The number of fused-ring (bicyclic) bond motifs is 4. The lowest BCUT2D eigenvalue weighted by Crippen LogP contribution is -2.44. The molecule has 248 valence electrons. The number of thiophene rings is 2. The van der Waals surface area contributed by atoms with E-state index in [9.17, 15) is 9.59 Å². The van der Waals surface area contributed by atoms with Crippen LogP contribution in [0.1, 0.15) is 63.1 Å². The lowest BCUT2D eigenvalue weighted by atomic mass is 9.95. The van der Waals surface area contributed by atoms with Crippen molar-refractivity contribution in [1.82, 2.24) is 0 Å². The second-order valence-corrected chi connectivity index (χ2v) is 16.8. The summed E-state index contributed by atoms with van der Waals surface area (Å²) in [5.74, 6) is 2.62. The van der Waals surface area contributed by atoms with Crippen molar-refractivity contribution in [2.24, 2.45) is 0 Å². The van der Waals surface area contributed by atoms with E-state index in [-0.39, 0.29) is 11.8 Å². The summed E-state index contributed by atoms with van der Waals surface area (Å²) in [5, 5.41) is 0. The molecule has 2 aromatic carbocycles. The highest BCUT2D eigenvalue weighted by Crippen LogP contribution is 2.60. The molecule has 4 aromatic rings. The van der Waals surface area contributed by atoms with Gasteiger partial charge >= 0.3 is 0 Å². The minimum Gasteiger partial charge on any atom is -0.485 e. The summed E-state index contributed by atoms with van der Waals surface area (Å²) in [6.45, 7) is 18.1. The molecule has 0 saturated carbocycles. The molecule has 2 aromatic heterocycles. The Kier molecular flexibility index (Phi) is 6.85. The zero-order valence-electron chi connectivity index (χ0n) is 28.5. The molecular formula is C38H38N2O6S2. The van der Waals surface area contributed by atoms with Crippen molar-refractivity contribution in [3.8, 4) is 43.2 Å². The molecular weight excluding hydrogens is 645 g/mol. The smallest absolute Gasteiger partial charge is 0.260 e. The van der Waals surface area contributed by atoms with Gasteiger partial charge in [-0.05, 0) is 78.6 Å². The fourth-order valence-electron chi connectivity index (χ4n) is 7.13. The third-order valence-electron chi connectivity index (χ3n) is 9.03. The van der Waals surface area contributed by atoms with Crippen LogP contribution in [-0.4, -0.2) is 49.3 Å². The number of anilines is 2. The van der Waals surface area contributed by atoms with Gasteiger partial charge in [0.15, 0.2) is 23.0 Å². The molecule has 4 aliphatic rings. The zero-order valence-corrected chi connectivity index (χ0v) is 30.1. The summed E-state index contributed by atoms with van der Waals surface area (Å²) < 4.78 is 24.6. The first-order valence-electron chi connectivity index (χ1n) is 16.3. The van der Waals surface area contributed by atoms with Gasteiger partial charge in [-0.15, -0.1) is 22.7 Å². The molecule has 0 N–H and O–H groups in total. The van der Waals surface area contributed by atoms with E-state index in [0.29, 0.717) is 49.1 Å². The van der Waals surface area contributed by atoms with E-state index in [1.807, 2.05) is 95.5 Å². The third kappa shape index (κ3) is 4.52. The number of hydrogen-bond donors (Lipinski definition) is 0. The Hall–Kier alpha value is -4.28. The fraction of sp³-hybridized carbons (Fsp3) is 0.368. The number of amides is 2. The summed E-state index contributed by atoms with van der Waals surface area (Å²) in [5.41, 5.74) is 4.98. The Balaban J connectivity index is 1.32. The van der Waals surface area contributed by atoms with Gasteiger partial charge in [0.1, 0.15) is 26.4 Å². The van der Waals surface area contributed by atoms with Gasteiger partial charge in [0.05, 0.1) is 37.2 Å². The van der Waals surface area contributed by atoms with E-state index in [1.165, 1.54) is 0 Å². The number of ether oxygens (including phenoxy) is 4. The summed E-state index contributed by atoms with van der Waals surface area (Å²) >= 11 is 3.22. The average Bonchev–Trinajstić information content (AvgIpc) is 3.73. The second-order valence-electron chi connectivity index (χ2n) is 14.6. The number of hydrogen-bond acceptors (Lipinski definition) is 8. The minimum absolute atomic E-state index is 0.152. The van der Waals surface area contributed by atoms with Gasteiger partial charge in [-0.1, -0.05) is 24.3 Å². The molecule has 8 nitrogen and oxygen atoms in total. The molecule has 0 spiro atoms. The highest BCUT2D eigenvalue weighted by atomic mass is 32.1. The first kappa shape index (κ1) is 31.0. The summed E-state index contributed by atoms with van der Waals surface area (Å²) in [6, 6.07) is 12.1. The van der Waals surface area contributed by atoms with Crippen LogP contribution in [0, 0.1) is 13.8 Å². The van der Waals surface area contributed by atoms with Crippen LogP contribution in [0.3, 0.4) is 0 Å². The molecule has 6 heterocycles. The van der Waals surface area contributed by atoms with Gasteiger partial charge in [0, 0.05) is 27.1 Å². The van der Waals surface area contributed by atoms with Gasteiger partial charge in [0.25, 0.3) is 11.8 Å². The molecule has 0 saturated heterocycles. The van der Waals surface area contributed by atoms with E-state index in [1.54, 1.807) is 22.7 Å². The predicted octanol–water partition coefficient (Wildman–Crippen LogP) is 8.50. The molecule has 48 heavy (non-hydrogen) atoms. The zero-order chi connectivity index (χ0) is 33.9. The van der Waals surface area contributed by atoms with Crippen molar-refractivity contribution in [2.45, 2.75) is 66.5 Å². The third-order valence-corrected chi connectivity index (χ3v) is 11.5. The molecule has 0 radical (unpaired) electrons. The van der Waals surface area contributed by atoms with Crippen molar-refractivity contribution < 1.29 is 28.5 Å². The Bertz CT molecular complexity index is 2090. The summed E-state index contributed by atoms with van der Waals surface area (Å²) in [7, 11) is 0. The number of carbonyl (C=O) groups is 2. The van der Waals surface area contributed by atoms with Gasteiger partial charge in [-0.25, -0.2) is 0 Å². The van der Waals surface area contributed by atoms with Crippen molar-refractivity contribution in [1.29, 1.82) is 0 Å². The highest BCUT2D eigenvalue weighted by molar-refractivity contribution is 7.25. The molecule has 4 aliphatic heterocycles. The molecule has 2 amide bonds. The van der Waals surface area contributed by atoms with Gasteiger partial charge in [-0.3, -0.25) is 9.59 Å². The Morgan fingerprint density at radius 2 is 1.04 bits per heavy atom. The molecule has 0 unspecified atom stereocenters. The van der Waals surface area contributed by atoms with Crippen molar-refractivity contribution >= 4 is 57.0 Å². The highest BCUT2D eigenvalue weighted by Gasteiger charge is 2.47. The topological polar surface area (TPSA) is 77.5 Å². The monoisotopic (exact) mass is 682 g/mol. The van der Waals surface area contributed by atoms with Crippen LogP contribution in [0.4, 0.5) is 11.4 Å². The maximum Gasteiger partial charge on any atom is 0.260 e. The molecule has 0 fully saturated rings. The molecule has 0 aliphatic carbocycles. The van der Waals surface area contributed by atoms with Crippen LogP contribution in [0.2, 0.25) is 0 Å². The van der Waals surface area contributed by atoms with Crippen molar-refractivity contribution in [3.05, 3.63) is 58.0 Å². The minimum atomic E-state index is -0.557. The lowest BCUT2D eigenvalue weighted by molar-refractivity contribution is -0.115. The standard InChI is InChI=1S/C38H38N2O6S2/c1-19-9-11-22-24(17-19)39(37(3,4)5)35(41)26(22)27-23-12-10-21(18-25(23)40(36(27)42)38(6,7)8)32-30-31(46-16-15-45-30)34(48-32)33-29-28(20(2)47-33)43-13-14-44-29/h9-12,17-18H,13-16H2,1-8H3/b27-26+. The molecule has 0 bridgehead atoms. The van der Waals surface area contributed by atoms with Crippen molar-refractivity contribution in [3.63, 3.8) is 0 Å². The number of aryl methyl sites for hydroxylation is 2. The summed E-state index contributed by atoms with van der Waals surface area (Å²) in [6.07, 6.45) is 0. The van der Waals surface area contributed by atoms with Crippen LogP contribution in [0.15, 0.2) is 36.4 Å². The van der Waals surface area contributed by atoms with Gasteiger partial charge in [0.2, 0.25) is 0 Å². The Morgan fingerprint density at radius 1 is 0.583 bits per heavy atom. The predicted molar refractivity (Wildman–Crippen MR) is 192 cm³/mol. The quantitative estimate of drug-likeness (QED) is 0.197. The molecule has 10 heteroatoms. The molecule has 8 rings (SSSR count). The first-order chi connectivity index (χ1) is 22.8. The Labute approximate surface area is 288 Å². The van der Waals surface area contributed by atoms with Crippen LogP contribution in [0.25, 0.3) is 31.3 Å². The van der Waals surface area contributed by atoms with Crippen LogP contribution in [-0.2, 0) is 9.59 Å². The SMILES string of the molecule is Cc1ccc2c(c1)N(C(C)(C)C)C(=O)/C2=C1/C(=O)N(C(C)(C)C)c2cc(-c3sc(-c4sc(C)c5c4OCCO5)c4c3OCCO4)ccc21. The fourth-order valence-corrected chi connectivity index (χ4v) is 9.48. The largest absolute Gasteiger partial charge is 0.485 e. The van der Waals surface area contributed by atoms with Crippen LogP contribution >= 0.6 is 22.7 Å². The molecule has 0 atom stereocenters. The van der Waals surface area contributed by atoms with E-state index < -0.39 is 11.1 Å². The van der Waals surface area contributed by atoms with E-state index >= 15 is 0 Å². The van der Waals surface area contributed by atoms with Crippen molar-refractivity contribution in [2.75, 3.05) is 36.2 Å². The summed E-state index contributed by atoms with van der Waals surface area (Å²) in [4.78, 5) is 36.5. The Morgan fingerprint density at radius 3 is 1.60 bits per heavy atom. The maximum absolute atomic E-state index is 14.6. The number of rotatable bonds is 2. The second kappa shape index (κ2) is 10.6. The van der Waals surface area contributed by atoms with Crippen LogP contribution in [0.5, 0.6) is 23.0 Å². The average molecular weight is 683 g/mol. The first-order valence-corrected chi connectivity index (χ1v) is 17.9. The maximum atomic E-state index is 14.6. The van der Waals surface area contributed by atoms with E-state index in [4.69, 9.17) is 18.9 Å². The lowest BCUT2D eigenvalue weighted by Gasteiger charge is -2.33. The van der Waals surface area contributed by atoms with E-state index in [2.05, 4.69) is 6.07 Å².